The van der Waals surface area contributed by atoms with Gasteiger partial charge in [0.25, 0.3) is 11.1 Å². The summed E-state index contributed by atoms with van der Waals surface area (Å²) < 4.78 is 67.7. The molecule has 0 spiro atoms. The minimum absolute atomic E-state index is 0.0378. The predicted octanol–water partition coefficient (Wildman–Crippen LogP) is 5.27. The average molecular weight is 578 g/mol. The largest absolute Gasteiger partial charge is 0.431 e. The van der Waals surface area contributed by atoms with Crippen LogP contribution < -0.4 is 10.1 Å². The normalized spacial score (nSPS) is 12.6. The van der Waals surface area contributed by atoms with E-state index in [1.54, 1.807) is 18.4 Å². The number of nitrogens with one attached hydrogen (secondary N) is 1. The van der Waals surface area contributed by atoms with Crippen molar-refractivity contribution in [1.82, 2.24) is 15.3 Å². The predicted molar refractivity (Wildman–Crippen MR) is 138 cm³/mol. The molecule has 0 saturated carbocycles. The van der Waals surface area contributed by atoms with E-state index in [0.29, 0.717) is 17.0 Å². The Bertz CT molecular complexity index is 1540. The van der Waals surface area contributed by atoms with Crippen LogP contribution in [0.2, 0.25) is 0 Å². The number of ether oxygens (including phenoxy) is 1. The number of aliphatic hydroxyl groups excluding tert-OH is 1. The van der Waals surface area contributed by atoms with Gasteiger partial charge >= 0.3 is 6.18 Å². The van der Waals surface area contributed by atoms with Crippen LogP contribution in [0.1, 0.15) is 34.5 Å². The monoisotopic (exact) mass is 577 g/mol. The van der Waals surface area contributed by atoms with Crippen LogP contribution in [0.5, 0.6) is 10.9 Å². The average Bonchev–Trinajstić information content (AvgIpc) is 3.40. The molecule has 1 unspecified atom stereocenters. The summed E-state index contributed by atoms with van der Waals surface area (Å²) >= 11 is 1.13. The van der Waals surface area contributed by atoms with E-state index in [1.165, 1.54) is 48.7 Å². The highest BCUT2D eigenvalue weighted by Gasteiger charge is 2.30. The van der Waals surface area contributed by atoms with Crippen LogP contribution in [0.15, 0.2) is 77.1 Å². The third kappa shape index (κ3) is 6.80. The van der Waals surface area contributed by atoms with Crippen LogP contribution in [-0.2, 0) is 16.0 Å². The molecule has 1 atom stereocenters. The molecule has 1 amide bonds. The van der Waals surface area contributed by atoms with Gasteiger partial charge < -0.3 is 15.2 Å². The molecular formula is C26H22F3N3O5S2. The van der Waals surface area contributed by atoms with Crippen molar-refractivity contribution in [2.24, 2.45) is 0 Å². The summed E-state index contributed by atoms with van der Waals surface area (Å²) in [5.41, 5.74) is 0.863. The van der Waals surface area contributed by atoms with Gasteiger partial charge in [-0.25, -0.2) is 13.4 Å². The maximum atomic E-state index is 12.7. The van der Waals surface area contributed by atoms with Gasteiger partial charge in [-0.3, -0.25) is 9.78 Å². The summed E-state index contributed by atoms with van der Waals surface area (Å²) in [4.78, 5) is 21.4. The van der Waals surface area contributed by atoms with Crippen LogP contribution in [0.4, 0.5) is 13.2 Å². The van der Waals surface area contributed by atoms with Crippen molar-refractivity contribution < 1.29 is 36.2 Å². The molecule has 0 radical (unpaired) electrons. The van der Waals surface area contributed by atoms with E-state index in [9.17, 15) is 31.5 Å². The lowest BCUT2D eigenvalue weighted by molar-refractivity contribution is -0.137. The first kappa shape index (κ1) is 28.2. The van der Waals surface area contributed by atoms with Gasteiger partial charge in [-0.15, -0.1) is 0 Å². The molecule has 0 fully saturated rings. The third-order valence-electron chi connectivity index (χ3n) is 5.67. The number of thiazole rings is 1. The van der Waals surface area contributed by atoms with Crippen LogP contribution in [0.25, 0.3) is 11.4 Å². The van der Waals surface area contributed by atoms with Gasteiger partial charge in [-0.2, -0.15) is 13.2 Å². The van der Waals surface area contributed by atoms with Crippen molar-refractivity contribution in [3.8, 4) is 22.3 Å². The number of benzene rings is 2. The molecule has 39 heavy (non-hydrogen) atoms. The van der Waals surface area contributed by atoms with E-state index in [0.717, 1.165) is 23.5 Å². The highest BCUT2D eigenvalue weighted by atomic mass is 32.2. The summed E-state index contributed by atoms with van der Waals surface area (Å²) in [7, 11) is -3.37. The Hall–Kier alpha value is -3.81. The maximum absolute atomic E-state index is 12.7. The molecule has 4 aromatic rings. The van der Waals surface area contributed by atoms with Gasteiger partial charge in [0.2, 0.25) is 0 Å². The van der Waals surface area contributed by atoms with Crippen LogP contribution >= 0.6 is 11.3 Å². The van der Waals surface area contributed by atoms with Crippen LogP contribution in [0.3, 0.4) is 0 Å². The lowest BCUT2D eigenvalue weighted by Gasteiger charge is -2.17. The Morgan fingerprint density at radius 1 is 1.05 bits per heavy atom. The zero-order valence-electron chi connectivity index (χ0n) is 20.3. The zero-order chi connectivity index (χ0) is 28.2. The molecule has 4 rings (SSSR count). The summed E-state index contributed by atoms with van der Waals surface area (Å²) in [5.74, 6) is -0.337. The summed E-state index contributed by atoms with van der Waals surface area (Å²) in [6.45, 7) is 1.14. The Balaban J connectivity index is 1.40. The second kappa shape index (κ2) is 11.5. The minimum atomic E-state index is -4.44. The molecule has 0 aliphatic heterocycles. The molecule has 0 bridgehead atoms. The Kier molecular flexibility index (Phi) is 8.33. The topological polar surface area (TPSA) is 118 Å². The molecule has 0 aliphatic carbocycles. The van der Waals surface area contributed by atoms with E-state index in [-0.39, 0.29) is 27.2 Å². The second-order valence-corrected chi connectivity index (χ2v) is 11.3. The number of nitrogens with zero attached hydrogens (tertiary/aromatic N) is 2. The number of hydrogen-bond acceptors (Lipinski definition) is 8. The number of halogens is 3. The molecule has 0 aliphatic rings. The number of pyridine rings is 1. The van der Waals surface area contributed by atoms with Gasteiger partial charge in [-0.05, 0) is 54.1 Å². The fourth-order valence-electron chi connectivity index (χ4n) is 3.46. The molecule has 2 heterocycles. The van der Waals surface area contributed by atoms with Gasteiger partial charge in [0.05, 0.1) is 40.1 Å². The molecule has 2 aromatic heterocycles. The molecule has 204 valence electrons. The number of rotatable bonds is 9. The Morgan fingerprint density at radius 3 is 2.31 bits per heavy atom. The molecule has 2 aromatic carbocycles. The van der Waals surface area contributed by atoms with Crippen molar-refractivity contribution in [3.63, 3.8) is 0 Å². The standard InChI is InChI=1S/C26H22F3N3O5S2/c1-2-39(35,36)20-10-3-16(4-11-20)22(14-33)31-24(34)17-5-12-21(30-13-17)23-15-38-25(32-23)37-19-8-6-18(7-9-19)26(27,28)29/h3-13,15,22,33H,2,14H2,1H3,(H,31,34). The fourth-order valence-corrected chi connectivity index (χ4v) is 5.03. The van der Waals surface area contributed by atoms with Crippen molar-refractivity contribution in [2.75, 3.05) is 12.4 Å². The first-order valence-electron chi connectivity index (χ1n) is 11.5. The van der Waals surface area contributed by atoms with Gasteiger partial charge in [-0.1, -0.05) is 30.4 Å². The number of carbonyl (C=O) groups excluding carboxylic acids is 1. The number of carbonyl (C=O) groups is 1. The summed E-state index contributed by atoms with van der Waals surface area (Å²) in [5, 5.41) is 14.3. The molecule has 0 saturated heterocycles. The number of aromatic nitrogens is 2. The molecular weight excluding hydrogens is 555 g/mol. The van der Waals surface area contributed by atoms with Crippen LogP contribution in [0, 0.1) is 0 Å². The lowest BCUT2D eigenvalue weighted by Crippen LogP contribution is -2.30. The smallest absolute Gasteiger partial charge is 0.416 e. The quantitative estimate of drug-likeness (QED) is 0.278. The molecule has 8 nitrogen and oxygen atoms in total. The maximum Gasteiger partial charge on any atom is 0.416 e. The second-order valence-electron chi connectivity index (χ2n) is 8.24. The first-order chi connectivity index (χ1) is 18.5. The van der Waals surface area contributed by atoms with Crippen molar-refractivity contribution in [1.29, 1.82) is 0 Å². The van der Waals surface area contributed by atoms with Gasteiger partial charge in [0, 0.05) is 11.6 Å². The molecule has 2 N–H and O–H groups in total. The number of amides is 1. The highest BCUT2D eigenvalue weighted by Crippen LogP contribution is 2.33. The minimum Gasteiger partial charge on any atom is -0.431 e. The van der Waals surface area contributed by atoms with E-state index >= 15 is 0 Å². The van der Waals surface area contributed by atoms with E-state index in [1.807, 2.05) is 0 Å². The Labute approximate surface area is 226 Å². The fraction of sp³-hybridized carbons (Fsp3) is 0.192. The highest BCUT2D eigenvalue weighted by molar-refractivity contribution is 7.91. The Morgan fingerprint density at radius 2 is 1.74 bits per heavy atom. The number of sulfone groups is 1. The number of hydrogen-bond donors (Lipinski definition) is 2. The van der Waals surface area contributed by atoms with Crippen molar-refractivity contribution >= 4 is 27.1 Å². The number of alkyl halides is 3. The lowest BCUT2D eigenvalue weighted by atomic mass is 10.1. The van der Waals surface area contributed by atoms with Crippen molar-refractivity contribution in [2.45, 2.75) is 24.0 Å². The van der Waals surface area contributed by atoms with E-state index in [4.69, 9.17) is 4.74 Å². The summed E-state index contributed by atoms with van der Waals surface area (Å²) in [6.07, 6.45) is -3.10. The SMILES string of the molecule is CCS(=O)(=O)c1ccc(C(CO)NC(=O)c2ccc(-c3csc(Oc4ccc(C(F)(F)F)cc4)n3)nc2)cc1. The van der Waals surface area contributed by atoms with E-state index in [2.05, 4.69) is 15.3 Å². The number of aliphatic hydroxyl groups is 1. The van der Waals surface area contributed by atoms with Gasteiger partial charge in [0.15, 0.2) is 9.84 Å². The van der Waals surface area contributed by atoms with Crippen LogP contribution in [-0.4, -0.2) is 41.8 Å². The van der Waals surface area contributed by atoms with Gasteiger partial charge in [0.1, 0.15) is 11.4 Å². The zero-order valence-corrected chi connectivity index (χ0v) is 22.0. The third-order valence-corrected chi connectivity index (χ3v) is 8.14. The van der Waals surface area contributed by atoms with Crippen molar-refractivity contribution in [3.05, 3.63) is 88.9 Å². The van der Waals surface area contributed by atoms with E-state index < -0.39 is 40.1 Å². The summed E-state index contributed by atoms with van der Waals surface area (Å²) in [6, 6.07) is 12.5. The molecule has 13 heteroatoms. The first-order valence-corrected chi connectivity index (χ1v) is 14.0.